The number of unbranched alkanes of at least 4 members (excludes halogenated alkanes) is 2. The van der Waals surface area contributed by atoms with Crippen molar-refractivity contribution in [2.45, 2.75) is 60.3 Å². The van der Waals surface area contributed by atoms with Gasteiger partial charge >= 0.3 is 0 Å². The summed E-state index contributed by atoms with van der Waals surface area (Å²) in [5.74, 6) is 4.95. The molecule has 0 nitrogen and oxygen atoms in total. The summed E-state index contributed by atoms with van der Waals surface area (Å²) in [4.78, 5) is 0. The van der Waals surface area contributed by atoms with E-state index < -0.39 is 0 Å². The Hall–Kier alpha value is 0. The van der Waals surface area contributed by atoms with Gasteiger partial charge in [-0.1, -0.05) is 53.9 Å². The van der Waals surface area contributed by atoms with Crippen LogP contribution in [0.25, 0.3) is 0 Å². The Balaban J connectivity index is 2.33. The van der Waals surface area contributed by atoms with Crippen LogP contribution in [0, 0.1) is 29.6 Å². The smallest absolute Gasteiger partial charge is 0.0327 e. The van der Waals surface area contributed by atoms with E-state index >= 15 is 0 Å². The fraction of sp³-hybridized carbons (Fsp3) is 1.00. The van der Waals surface area contributed by atoms with Gasteiger partial charge in [-0.25, -0.2) is 0 Å². The summed E-state index contributed by atoms with van der Waals surface area (Å²) >= 11 is 0. The molecule has 0 aromatic heterocycles. The van der Waals surface area contributed by atoms with Gasteiger partial charge in [0, 0.05) is 0 Å². The van der Waals surface area contributed by atoms with Crippen molar-refractivity contribution in [3.05, 3.63) is 0 Å². The molecule has 1 rings (SSSR count). The van der Waals surface area contributed by atoms with Crippen LogP contribution in [0.1, 0.15) is 60.3 Å². The first kappa shape index (κ1) is 12.1. The van der Waals surface area contributed by atoms with Crippen LogP contribution in [0.5, 0.6) is 0 Å². The minimum absolute atomic E-state index is 0.893. The summed E-state index contributed by atoms with van der Waals surface area (Å²) in [6.45, 7) is 12.0. The topological polar surface area (TPSA) is 0 Å². The maximum Gasteiger partial charge on any atom is -0.0327 e. The lowest BCUT2D eigenvalue weighted by molar-refractivity contribution is 0.289. The van der Waals surface area contributed by atoms with Crippen molar-refractivity contribution in [2.24, 2.45) is 29.6 Å². The lowest BCUT2D eigenvalue weighted by Gasteiger charge is -2.21. The minimum Gasteiger partial charge on any atom is -0.0654 e. The lowest BCUT2D eigenvalue weighted by atomic mass is 9.85. The molecule has 0 aliphatic heterocycles. The van der Waals surface area contributed by atoms with E-state index in [1.165, 1.54) is 25.7 Å². The molecule has 0 N–H and O–H groups in total. The van der Waals surface area contributed by atoms with Gasteiger partial charge in [0.1, 0.15) is 0 Å². The predicted octanol–water partition coefficient (Wildman–Crippen LogP) is 4.74. The highest BCUT2D eigenvalue weighted by Gasteiger charge is 2.47. The van der Waals surface area contributed by atoms with Gasteiger partial charge in [-0.3, -0.25) is 0 Å². The summed E-state index contributed by atoms with van der Waals surface area (Å²) in [5.41, 5.74) is 0. The van der Waals surface area contributed by atoms with Gasteiger partial charge in [0.2, 0.25) is 0 Å². The Morgan fingerprint density at radius 1 is 1.00 bits per heavy atom. The van der Waals surface area contributed by atoms with Gasteiger partial charge in [-0.2, -0.15) is 0 Å². The van der Waals surface area contributed by atoms with Gasteiger partial charge in [0.25, 0.3) is 0 Å². The summed E-state index contributed by atoms with van der Waals surface area (Å²) in [6.07, 6.45) is 5.72. The van der Waals surface area contributed by atoms with E-state index in [-0.39, 0.29) is 0 Å². The highest BCUT2D eigenvalue weighted by atomic mass is 14.5. The molecule has 84 valence electrons. The van der Waals surface area contributed by atoms with Crippen LogP contribution >= 0.6 is 0 Å². The van der Waals surface area contributed by atoms with Crippen molar-refractivity contribution < 1.29 is 0 Å². The van der Waals surface area contributed by atoms with Crippen LogP contribution < -0.4 is 0 Å². The van der Waals surface area contributed by atoms with Crippen molar-refractivity contribution in [3.63, 3.8) is 0 Å². The maximum atomic E-state index is 2.44. The second-order valence-electron chi connectivity index (χ2n) is 5.70. The van der Waals surface area contributed by atoms with E-state index in [9.17, 15) is 0 Å². The molecule has 14 heavy (non-hydrogen) atoms. The van der Waals surface area contributed by atoms with Crippen molar-refractivity contribution in [2.75, 3.05) is 0 Å². The van der Waals surface area contributed by atoms with Gasteiger partial charge < -0.3 is 0 Å². The molecule has 1 saturated carbocycles. The monoisotopic (exact) mass is 196 g/mol. The molecule has 0 amide bonds. The Kier molecular flexibility index (Phi) is 4.47. The first-order valence-electron chi connectivity index (χ1n) is 6.59. The quantitative estimate of drug-likeness (QED) is 0.538. The van der Waals surface area contributed by atoms with E-state index in [0.717, 1.165) is 29.6 Å². The zero-order chi connectivity index (χ0) is 10.7. The van der Waals surface area contributed by atoms with Crippen LogP contribution in [0.4, 0.5) is 0 Å². The van der Waals surface area contributed by atoms with Crippen LogP contribution in [0.2, 0.25) is 0 Å². The van der Waals surface area contributed by atoms with E-state index in [0.29, 0.717) is 0 Å². The van der Waals surface area contributed by atoms with Crippen molar-refractivity contribution in [1.82, 2.24) is 0 Å². The van der Waals surface area contributed by atoms with Gasteiger partial charge in [-0.15, -0.1) is 0 Å². The molecule has 0 heteroatoms. The van der Waals surface area contributed by atoms with E-state index in [1.807, 2.05) is 0 Å². The summed E-state index contributed by atoms with van der Waals surface area (Å²) in [7, 11) is 0. The molecule has 0 aromatic carbocycles. The third kappa shape index (κ3) is 2.74. The summed E-state index contributed by atoms with van der Waals surface area (Å²) in [6, 6.07) is 0. The molecule has 3 unspecified atom stereocenters. The minimum atomic E-state index is 0.893. The number of hydrogen-bond donors (Lipinski definition) is 0. The van der Waals surface area contributed by atoms with Crippen molar-refractivity contribution in [3.8, 4) is 0 Å². The molecular weight excluding hydrogens is 168 g/mol. The Morgan fingerprint density at radius 2 is 1.57 bits per heavy atom. The molecule has 0 spiro atoms. The molecule has 0 saturated heterocycles. The maximum absolute atomic E-state index is 2.44. The summed E-state index contributed by atoms with van der Waals surface area (Å²) < 4.78 is 0. The predicted molar refractivity (Wildman–Crippen MR) is 64.3 cm³/mol. The average molecular weight is 196 g/mol. The van der Waals surface area contributed by atoms with E-state index in [2.05, 4.69) is 34.6 Å². The lowest BCUT2D eigenvalue weighted by Crippen LogP contribution is -2.12. The van der Waals surface area contributed by atoms with Crippen molar-refractivity contribution >= 4 is 0 Å². The zero-order valence-corrected chi connectivity index (χ0v) is 10.7. The SMILES string of the molecule is CCCCCC(C(C)C)C1C(C)C1C. The number of rotatable bonds is 6. The number of hydrogen-bond acceptors (Lipinski definition) is 0. The average Bonchev–Trinajstić information content (AvgIpc) is 2.69. The second-order valence-corrected chi connectivity index (χ2v) is 5.70. The molecule has 1 aliphatic rings. The molecule has 0 radical (unpaired) electrons. The fourth-order valence-corrected chi connectivity index (χ4v) is 3.08. The van der Waals surface area contributed by atoms with E-state index in [1.54, 1.807) is 0 Å². The first-order valence-corrected chi connectivity index (χ1v) is 6.59. The van der Waals surface area contributed by atoms with Crippen LogP contribution in [0.15, 0.2) is 0 Å². The first-order chi connectivity index (χ1) is 6.59. The zero-order valence-electron chi connectivity index (χ0n) is 10.7. The largest absolute Gasteiger partial charge is 0.0654 e. The van der Waals surface area contributed by atoms with Crippen molar-refractivity contribution in [1.29, 1.82) is 0 Å². The van der Waals surface area contributed by atoms with Crippen LogP contribution in [-0.4, -0.2) is 0 Å². The highest BCUT2D eigenvalue weighted by Crippen LogP contribution is 2.53. The fourth-order valence-electron chi connectivity index (χ4n) is 3.08. The van der Waals surface area contributed by atoms with Crippen LogP contribution in [0.3, 0.4) is 0 Å². The molecule has 0 bridgehead atoms. The van der Waals surface area contributed by atoms with Gasteiger partial charge in [0.15, 0.2) is 0 Å². The molecule has 0 aromatic rings. The second kappa shape index (κ2) is 5.19. The third-order valence-corrected chi connectivity index (χ3v) is 4.39. The molecule has 1 aliphatic carbocycles. The third-order valence-electron chi connectivity index (χ3n) is 4.39. The highest BCUT2D eigenvalue weighted by molar-refractivity contribution is 4.95. The standard InChI is InChI=1S/C14H28/c1-6-7-8-9-13(10(2)3)14-11(4)12(14)5/h10-14H,6-9H2,1-5H3. The van der Waals surface area contributed by atoms with E-state index in [4.69, 9.17) is 0 Å². The Morgan fingerprint density at radius 3 is 1.93 bits per heavy atom. The molecule has 1 fully saturated rings. The van der Waals surface area contributed by atoms with Gasteiger partial charge in [-0.05, 0) is 36.0 Å². The Labute approximate surface area is 90.5 Å². The summed E-state index contributed by atoms with van der Waals surface area (Å²) in [5, 5.41) is 0. The van der Waals surface area contributed by atoms with Gasteiger partial charge in [0.05, 0.1) is 0 Å². The Bertz CT molecular complexity index is 151. The normalized spacial score (nSPS) is 33.4. The molecular formula is C14H28. The van der Waals surface area contributed by atoms with Crippen LogP contribution in [-0.2, 0) is 0 Å². The molecule has 3 atom stereocenters. The molecule has 0 heterocycles.